The molecule has 0 spiro atoms. The van der Waals surface area contributed by atoms with E-state index in [2.05, 4.69) is 42.4 Å². The number of nitrogens with one attached hydrogen (secondary N) is 1. The van der Waals surface area contributed by atoms with Gasteiger partial charge in [-0.15, -0.1) is 35.3 Å². The molecule has 1 aromatic heterocycles. The second kappa shape index (κ2) is 11.0. The molecule has 1 aliphatic rings. The molecule has 0 aliphatic carbocycles. The number of fused-ring (bicyclic) bond motifs is 1. The Labute approximate surface area is 177 Å². The van der Waals surface area contributed by atoms with Crippen LogP contribution >= 0.6 is 35.3 Å². The first-order chi connectivity index (χ1) is 12.3. The maximum Gasteiger partial charge on any atom is 0.193 e. The molecule has 144 valence electrons. The molecule has 0 amide bonds. The third-order valence-electron chi connectivity index (χ3n) is 4.40. The molecule has 1 unspecified atom stereocenters. The number of aryl methyl sites for hydroxylation is 1. The van der Waals surface area contributed by atoms with Crippen LogP contribution in [0.3, 0.4) is 0 Å². The zero-order valence-corrected chi connectivity index (χ0v) is 18.8. The summed E-state index contributed by atoms with van der Waals surface area (Å²) in [6.45, 7) is 6.61. The van der Waals surface area contributed by atoms with Crippen LogP contribution < -0.4 is 5.32 Å². The average molecular weight is 488 g/mol. The molecule has 1 N–H and O–H groups in total. The maximum atomic E-state index is 5.48. The Morgan fingerprint density at radius 1 is 1.42 bits per heavy atom. The number of hydrogen-bond donors (Lipinski definition) is 1. The smallest absolute Gasteiger partial charge is 0.193 e. The van der Waals surface area contributed by atoms with Crippen LogP contribution in [0.2, 0.25) is 0 Å². The first-order valence-electron chi connectivity index (χ1n) is 9.18. The van der Waals surface area contributed by atoms with Crippen molar-refractivity contribution in [2.75, 3.05) is 39.9 Å². The van der Waals surface area contributed by atoms with Crippen molar-refractivity contribution in [1.29, 1.82) is 0 Å². The molecule has 0 bridgehead atoms. The fourth-order valence-corrected chi connectivity index (χ4v) is 4.12. The lowest BCUT2D eigenvalue weighted by Gasteiger charge is -2.24. The average Bonchev–Trinajstić information content (AvgIpc) is 3.26. The van der Waals surface area contributed by atoms with E-state index in [1.54, 1.807) is 11.3 Å². The predicted molar refractivity (Wildman–Crippen MR) is 121 cm³/mol. The van der Waals surface area contributed by atoms with Crippen molar-refractivity contribution in [3.8, 4) is 0 Å². The third kappa shape index (κ3) is 6.06. The highest BCUT2D eigenvalue weighted by Gasteiger charge is 2.18. The summed E-state index contributed by atoms with van der Waals surface area (Å²) in [5.41, 5.74) is 1.11. The van der Waals surface area contributed by atoms with Crippen molar-refractivity contribution in [2.24, 2.45) is 10.9 Å². The highest BCUT2D eigenvalue weighted by molar-refractivity contribution is 14.0. The molecule has 2 aromatic rings. The van der Waals surface area contributed by atoms with E-state index in [1.807, 2.05) is 6.07 Å². The van der Waals surface area contributed by atoms with Crippen molar-refractivity contribution >= 4 is 51.5 Å². The molecule has 1 aliphatic heterocycles. The minimum absolute atomic E-state index is 0. The van der Waals surface area contributed by atoms with Crippen LogP contribution in [0.15, 0.2) is 29.3 Å². The third-order valence-corrected chi connectivity index (χ3v) is 5.50. The fraction of sp³-hybridized carbons (Fsp3) is 0.579. The van der Waals surface area contributed by atoms with Gasteiger partial charge in [-0.2, -0.15) is 0 Å². The molecule has 0 radical (unpaired) electrons. The van der Waals surface area contributed by atoms with Crippen molar-refractivity contribution in [1.82, 2.24) is 15.2 Å². The summed E-state index contributed by atoms with van der Waals surface area (Å²) < 4.78 is 6.75. The lowest BCUT2D eigenvalue weighted by molar-refractivity contribution is 0.181. The number of rotatable bonds is 7. The number of hydrogen-bond acceptors (Lipinski definition) is 4. The first kappa shape index (κ1) is 21.4. The van der Waals surface area contributed by atoms with Gasteiger partial charge >= 0.3 is 0 Å². The van der Waals surface area contributed by atoms with Gasteiger partial charge in [0.1, 0.15) is 0 Å². The highest BCUT2D eigenvalue weighted by Crippen LogP contribution is 2.22. The second-order valence-corrected chi connectivity index (χ2v) is 7.64. The van der Waals surface area contributed by atoms with Crippen LogP contribution in [0.1, 0.15) is 24.8 Å². The summed E-state index contributed by atoms with van der Waals surface area (Å²) in [6, 6.07) is 8.34. The minimum Gasteiger partial charge on any atom is -0.381 e. The number of benzene rings is 1. The van der Waals surface area contributed by atoms with Crippen LogP contribution in [0.25, 0.3) is 10.2 Å². The number of halogens is 1. The maximum absolute atomic E-state index is 5.48. The van der Waals surface area contributed by atoms with Gasteiger partial charge in [-0.25, -0.2) is 4.98 Å². The van der Waals surface area contributed by atoms with E-state index >= 15 is 0 Å². The van der Waals surface area contributed by atoms with Crippen LogP contribution in [0.5, 0.6) is 0 Å². The summed E-state index contributed by atoms with van der Waals surface area (Å²) in [5, 5.41) is 4.60. The van der Waals surface area contributed by atoms with Crippen molar-refractivity contribution < 1.29 is 4.74 Å². The highest BCUT2D eigenvalue weighted by atomic mass is 127. The summed E-state index contributed by atoms with van der Waals surface area (Å²) in [6.07, 6.45) is 3.17. The van der Waals surface area contributed by atoms with Gasteiger partial charge in [-0.3, -0.25) is 4.99 Å². The van der Waals surface area contributed by atoms with E-state index in [1.165, 1.54) is 9.71 Å². The summed E-state index contributed by atoms with van der Waals surface area (Å²) in [7, 11) is 2.12. The van der Waals surface area contributed by atoms with E-state index in [0.29, 0.717) is 5.92 Å². The fourth-order valence-electron chi connectivity index (χ4n) is 3.11. The zero-order valence-electron chi connectivity index (χ0n) is 15.6. The van der Waals surface area contributed by atoms with Gasteiger partial charge in [-0.1, -0.05) is 12.1 Å². The van der Waals surface area contributed by atoms with E-state index in [0.717, 1.165) is 63.6 Å². The predicted octanol–water partition coefficient (Wildman–Crippen LogP) is 3.78. The summed E-state index contributed by atoms with van der Waals surface area (Å²) >= 11 is 1.79. The van der Waals surface area contributed by atoms with Crippen molar-refractivity contribution in [2.45, 2.75) is 26.2 Å². The van der Waals surface area contributed by atoms with Crippen LogP contribution in [-0.2, 0) is 11.2 Å². The Balaban J connectivity index is 0.00000243. The number of thiazole rings is 1. The number of aromatic nitrogens is 1. The monoisotopic (exact) mass is 488 g/mol. The number of aliphatic imine (C=N–C) groups is 1. The molecule has 5 nitrogen and oxygen atoms in total. The number of nitrogens with zero attached hydrogens (tertiary/aromatic N) is 3. The molecule has 1 atom stereocenters. The molecular weight excluding hydrogens is 459 g/mol. The molecule has 1 saturated heterocycles. The quantitative estimate of drug-likeness (QED) is 0.279. The van der Waals surface area contributed by atoms with Gasteiger partial charge < -0.3 is 15.0 Å². The van der Waals surface area contributed by atoms with Gasteiger partial charge in [0.25, 0.3) is 0 Å². The van der Waals surface area contributed by atoms with Gasteiger partial charge in [0.05, 0.1) is 21.8 Å². The molecule has 3 rings (SSSR count). The van der Waals surface area contributed by atoms with E-state index in [4.69, 9.17) is 14.7 Å². The molecule has 1 aromatic carbocycles. The van der Waals surface area contributed by atoms with Crippen molar-refractivity contribution in [3.05, 3.63) is 29.3 Å². The SMILES string of the molecule is CCNC(=NCCCc1nc2ccccc2s1)N(C)CC1CCOC1.I. The van der Waals surface area contributed by atoms with Gasteiger partial charge in [-0.05, 0) is 31.9 Å². The lowest BCUT2D eigenvalue weighted by Crippen LogP contribution is -2.41. The molecule has 26 heavy (non-hydrogen) atoms. The molecule has 1 fully saturated rings. The van der Waals surface area contributed by atoms with E-state index in [-0.39, 0.29) is 24.0 Å². The Bertz CT molecular complexity index is 667. The van der Waals surface area contributed by atoms with Crippen LogP contribution in [0, 0.1) is 5.92 Å². The second-order valence-electron chi connectivity index (χ2n) is 6.52. The van der Waals surface area contributed by atoms with Gasteiger partial charge in [0, 0.05) is 45.6 Å². The Kier molecular flexibility index (Phi) is 9.07. The summed E-state index contributed by atoms with van der Waals surface area (Å²) in [5.74, 6) is 1.62. The molecule has 2 heterocycles. The van der Waals surface area contributed by atoms with Gasteiger partial charge in [0.15, 0.2) is 5.96 Å². The summed E-state index contributed by atoms with van der Waals surface area (Å²) in [4.78, 5) is 11.7. The lowest BCUT2D eigenvalue weighted by atomic mass is 10.1. The number of guanidine groups is 1. The Morgan fingerprint density at radius 2 is 2.27 bits per heavy atom. The normalized spacial score (nSPS) is 17.3. The Hall–Kier alpha value is -0.930. The topological polar surface area (TPSA) is 49.8 Å². The van der Waals surface area contributed by atoms with Gasteiger partial charge in [0.2, 0.25) is 0 Å². The minimum atomic E-state index is 0. The van der Waals surface area contributed by atoms with E-state index < -0.39 is 0 Å². The van der Waals surface area contributed by atoms with E-state index in [9.17, 15) is 0 Å². The van der Waals surface area contributed by atoms with Crippen molar-refractivity contribution in [3.63, 3.8) is 0 Å². The number of para-hydroxylation sites is 1. The van der Waals surface area contributed by atoms with Crippen LogP contribution in [-0.4, -0.2) is 55.7 Å². The Morgan fingerprint density at radius 3 is 3.00 bits per heavy atom. The zero-order chi connectivity index (χ0) is 17.5. The molecule has 7 heteroatoms. The molecular formula is C19H29IN4OS. The standard InChI is InChI=1S/C19H28N4OS.HI/c1-3-20-19(23(2)13-15-10-12-24-14-15)21-11-6-9-18-22-16-7-4-5-8-17(16)25-18;/h4-5,7-8,15H,3,6,9-14H2,1-2H3,(H,20,21);1H. The van der Waals surface area contributed by atoms with Crippen LogP contribution in [0.4, 0.5) is 0 Å². The largest absolute Gasteiger partial charge is 0.381 e. The number of ether oxygens (including phenoxy) is 1. The molecule has 0 saturated carbocycles. The first-order valence-corrected chi connectivity index (χ1v) is 9.99.